The van der Waals surface area contributed by atoms with Crippen molar-refractivity contribution in [2.45, 2.75) is 92.9 Å². The zero-order chi connectivity index (χ0) is 21.5. The van der Waals surface area contributed by atoms with Crippen LogP contribution >= 0.6 is 7.82 Å². The van der Waals surface area contributed by atoms with Gasteiger partial charge in [-0.2, -0.15) is 0 Å². The third-order valence-electron chi connectivity index (χ3n) is 4.65. The van der Waals surface area contributed by atoms with Crippen molar-refractivity contribution in [3.8, 4) is 5.75 Å². The Labute approximate surface area is 166 Å². The molecule has 0 saturated carbocycles. The molecule has 0 amide bonds. The lowest BCUT2D eigenvalue weighted by Crippen LogP contribution is -2.28. The maximum atomic E-state index is 11.5. The van der Waals surface area contributed by atoms with E-state index in [1.54, 1.807) is 6.07 Å². The maximum absolute atomic E-state index is 11.5. The van der Waals surface area contributed by atoms with Crippen LogP contribution in [0.3, 0.4) is 0 Å². The monoisotopic (exact) mass is 398 g/mol. The molecule has 4 nitrogen and oxygen atoms in total. The van der Waals surface area contributed by atoms with Gasteiger partial charge in [-0.1, -0.05) is 81.4 Å². The number of hydrogen-bond acceptors (Lipinski definition) is 2. The molecule has 1 aromatic rings. The second-order valence-corrected chi connectivity index (χ2v) is 12.7. The Morgan fingerprint density at radius 2 is 1.26 bits per heavy atom. The summed E-state index contributed by atoms with van der Waals surface area (Å²) in [6.07, 6.45) is 1.86. The summed E-state index contributed by atoms with van der Waals surface area (Å²) in [7, 11) is -4.62. The van der Waals surface area contributed by atoms with Gasteiger partial charge >= 0.3 is 7.82 Å². The van der Waals surface area contributed by atoms with Gasteiger partial charge in [0.25, 0.3) is 0 Å². The lowest BCUT2D eigenvalue weighted by molar-refractivity contribution is 0.265. The highest BCUT2D eigenvalue weighted by molar-refractivity contribution is 7.46. The lowest BCUT2D eigenvalue weighted by Gasteiger charge is -2.37. The molecule has 0 atom stereocenters. The van der Waals surface area contributed by atoms with Crippen molar-refractivity contribution in [1.82, 2.24) is 0 Å². The third kappa shape index (κ3) is 7.97. The molecule has 0 aliphatic rings. The van der Waals surface area contributed by atoms with Crippen LogP contribution in [0.15, 0.2) is 18.2 Å². The molecular formula is C22H39O4P. The van der Waals surface area contributed by atoms with Crippen molar-refractivity contribution in [3.63, 3.8) is 0 Å². The molecule has 0 fully saturated rings. The molecule has 5 heteroatoms. The second-order valence-electron chi connectivity index (χ2n) is 11.5. The first-order valence-corrected chi connectivity index (χ1v) is 11.2. The van der Waals surface area contributed by atoms with Crippen LogP contribution in [-0.4, -0.2) is 9.79 Å². The van der Waals surface area contributed by atoms with E-state index < -0.39 is 7.82 Å². The molecule has 0 heterocycles. The summed E-state index contributed by atoms with van der Waals surface area (Å²) < 4.78 is 16.6. The van der Waals surface area contributed by atoms with Crippen LogP contribution in [-0.2, 0) is 15.4 Å². The Morgan fingerprint density at radius 1 is 0.815 bits per heavy atom. The minimum absolute atomic E-state index is 0.0640. The molecule has 156 valence electrons. The molecule has 27 heavy (non-hydrogen) atoms. The Kier molecular flexibility index (Phi) is 6.76. The Morgan fingerprint density at radius 3 is 1.67 bits per heavy atom. The van der Waals surface area contributed by atoms with E-state index in [0.717, 1.165) is 24.0 Å². The molecule has 0 saturated heterocycles. The highest BCUT2D eigenvalue weighted by atomic mass is 31.2. The predicted octanol–water partition coefficient (Wildman–Crippen LogP) is 6.59. The molecular weight excluding hydrogens is 359 g/mol. The van der Waals surface area contributed by atoms with Gasteiger partial charge in [-0.3, -0.25) is 9.79 Å². The summed E-state index contributed by atoms with van der Waals surface area (Å²) in [5.41, 5.74) is 1.89. The molecule has 0 aromatic heterocycles. The summed E-state index contributed by atoms with van der Waals surface area (Å²) >= 11 is 0. The molecule has 2 N–H and O–H groups in total. The number of phosphoric ester groups is 1. The Bertz CT molecular complexity index is 700. The van der Waals surface area contributed by atoms with Gasteiger partial charge in [0.05, 0.1) is 0 Å². The molecule has 0 bridgehead atoms. The van der Waals surface area contributed by atoms with Gasteiger partial charge in [-0.25, -0.2) is 4.57 Å². The van der Waals surface area contributed by atoms with Crippen LogP contribution in [0, 0.1) is 10.8 Å². The van der Waals surface area contributed by atoms with Crippen LogP contribution in [0.4, 0.5) is 0 Å². The molecule has 0 radical (unpaired) electrons. The fourth-order valence-corrected chi connectivity index (χ4v) is 4.95. The summed E-state index contributed by atoms with van der Waals surface area (Å²) in [6, 6.07) is 5.74. The van der Waals surface area contributed by atoms with E-state index in [-0.39, 0.29) is 27.4 Å². The van der Waals surface area contributed by atoms with Crippen LogP contribution in [0.5, 0.6) is 5.75 Å². The van der Waals surface area contributed by atoms with Crippen molar-refractivity contribution in [2.24, 2.45) is 10.8 Å². The number of hydrogen-bond donors (Lipinski definition) is 2. The fraction of sp³-hybridized carbons (Fsp3) is 0.727. The first-order valence-electron chi connectivity index (χ1n) is 9.62. The van der Waals surface area contributed by atoms with Crippen molar-refractivity contribution in [1.29, 1.82) is 0 Å². The highest BCUT2D eigenvalue weighted by Crippen LogP contribution is 2.47. The van der Waals surface area contributed by atoms with Crippen LogP contribution in [0.2, 0.25) is 0 Å². The zero-order valence-corrected chi connectivity index (χ0v) is 19.7. The van der Waals surface area contributed by atoms with E-state index in [0.29, 0.717) is 0 Å². The lowest BCUT2D eigenvalue weighted by atomic mass is 9.68. The van der Waals surface area contributed by atoms with E-state index in [4.69, 9.17) is 4.52 Å². The largest absolute Gasteiger partial charge is 0.524 e. The van der Waals surface area contributed by atoms with Gasteiger partial charge in [-0.15, -0.1) is 0 Å². The summed E-state index contributed by atoms with van der Waals surface area (Å²) in [6.45, 7) is 21.9. The van der Waals surface area contributed by atoms with Gasteiger partial charge in [0.1, 0.15) is 5.75 Å². The molecule has 0 spiro atoms. The van der Waals surface area contributed by atoms with Crippen molar-refractivity contribution in [3.05, 3.63) is 29.3 Å². The number of phosphoric acid groups is 1. The predicted molar refractivity (Wildman–Crippen MR) is 113 cm³/mol. The quantitative estimate of drug-likeness (QED) is 0.531. The van der Waals surface area contributed by atoms with E-state index in [9.17, 15) is 14.4 Å². The standard InChI is InChI=1S/C22H39O4P/c1-19(2,3)14-21(7,8)16-11-12-18(26-27(23,24)25)17(13-16)22(9,10)15-20(4,5)6/h11-13H,14-15H2,1-10H3,(H2,23,24,25). The van der Waals surface area contributed by atoms with Crippen molar-refractivity contribution < 1.29 is 18.9 Å². The smallest absolute Gasteiger partial charge is 0.404 e. The topological polar surface area (TPSA) is 66.8 Å². The average Bonchev–Trinajstić information content (AvgIpc) is 2.30. The summed E-state index contributed by atoms with van der Waals surface area (Å²) in [4.78, 5) is 18.7. The third-order valence-corrected chi connectivity index (χ3v) is 5.09. The Hall–Kier alpha value is -0.830. The van der Waals surface area contributed by atoms with Crippen LogP contribution in [0.25, 0.3) is 0 Å². The first-order chi connectivity index (χ1) is 11.7. The molecule has 1 rings (SSSR count). The molecule has 0 aliphatic carbocycles. The maximum Gasteiger partial charge on any atom is 0.524 e. The summed E-state index contributed by atoms with van der Waals surface area (Å²) in [5.74, 6) is 0.271. The normalized spacial score (nSPS) is 14.4. The van der Waals surface area contributed by atoms with E-state index in [1.807, 2.05) is 6.07 Å². The van der Waals surface area contributed by atoms with Crippen LogP contribution in [0.1, 0.15) is 93.2 Å². The second kappa shape index (κ2) is 7.54. The van der Waals surface area contributed by atoms with Gasteiger partial charge in [0.15, 0.2) is 0 Å². The average molecular weight is 399 g/mol. The Balaban J connectivity index is 3.52. The van der Waals surface area contributed by atoms with Gasteiger partial charge < -0.3 is 4.52 Å². The van der Waals surface area contributed by atoms with E-state index in [2.05, 4.69) is 75.3 Å². The molecule has 0 aliphatic heterocycles. The van der Waals surface area contributed by atoms with E-state index >= 15 is 0 Å². The zero-order valence-electron chi connectivity index (χ0n) is 18.8. The van der Waals surface area contributed by atoms with E-state index in [1.165, 1.54) is 0 Å². The highest BCUT2D eigenvalue weighted by Gasteiger charge is 2.34. The first kappa shape index (κ1) is 24.2. The fourth-order valence-electron chi connectivity index (χ4n) is 4.54. The minimum Gasteiger partial charge on any atom is -0.404 e. The molecule has 0 unspecified atom stereocenters. The van der Waals surface area contributed by atoms with Crippen molar-refractivity contribution in [2.75, 3.05) is 0 Å². The molecule has 1 aromatic carbocycles. The van der Waals surface area contributed by atoms with Gasteiger partial charge in [0.2, 0.25) is 0 Å². The minimum atomic E-state index is -4.62. The summed E-state index contributed by atoms with van der Waals surface area (Å²) in [5, 5.41) is 0. The van der Waals surface area contributed by atoms with Crippen LogP contribution < -0.4 is 4.52 Å². The van der Waals surface area contributed by atoms with Crippen molar-refractivity contribution >= 4 is 7.82 Å². The number of benzene rings is 1. The SMILES string of the molecule is CC(C)(C)CC(C)(C)c1ccc(OP(=O)(O)O)c(C(C)(C)CC(C)(C)C)c1. The van der Waals surface area contributed by atoms with Gasteiger partial charge in [0, 0.05) is 5.56 Å². The van der Waals surface area contributed by atoms with Gasteiger partial charge in [-0.05, 0) is 46.1 Å². The number of rotatable bonds is 6.